The molecule has 5 heteroatoms. The Morgan fingerprint density at radius 2 is 1.73 bits per heavy atom. The quantitative estimate of drug-likeness (QED) is 0.453. The fraction of sp³-hybridized carbons (Fsp3) is 0.619. The van der Waals surface area contributed by atoms with Crippen molar-refractivity contribution in [1.82, 2.24) is 0 Å². The first-order valence-electron chi connectivity index (χ1n) is 9.17. The van der Waals surface area contributed by atoms with Gasteiger partial charge in [-0.25, -0.2) is 0 Å². The normalized spacial score (nSPS) is 25.1. The SMILES string of the molecule is CCC(C)C(=O)C1=C(O)[C@](O)(C(O)CC=C(C)C)C(CC=C(C)C)C1=O. The zero-order valence-corrected chi connectivity index (χ0v) is 16.7. The molecular formula is C21H32O5. The maximum absolute atomic E-state index is 12.9. The average Bonchev–Trinajstić information content (AvgIpc) is 2.76. The summed E-state index contributed by atoms with van der Waals surface area (Å²) in [5.41, 5.74) is -0.629. The van der Waals surface area contributed by atoms with E-state index in [2.05, 4.69) is 0 Å². The highest BCUT2D eigenvalue weighted by atomic mass is 16.4. The fourth-order valence-corrected chi connectivity index (χ4v) is 3.08. The maximum atomic E-state index is 12.9. The summed E-state index contributed by atoms with van der Waals surface area (Å²) in [7, 11) is 0. The topological polar surface area (TPSA) is 94.8 Å². The molecular weight excluding hydrogens is 332 g/mol. The minimum atomic E-state index is -2.16. The summed E-state index contributed by atoms with van der Waals surface area (Å²) in [4.78, 5) is 25.5. The van der Waals surface area contributed by atoms with Gasteiger partial charge in [-0.05, 0) is 47.0 Å². The summed E-state index contributed by atoms with van der Waals surface area (Å²) < 4.78 is 0. The first-order valence-corrected chi connectivity index (χ1v) is 9.17. The third kappa shape index (κ3) is 4.33. The first kappa shape index (κ1) is 22.3. The Morgan fingerprint density at radius 3 is 2.19 bits per heavy atom. The minimum absolute atomic E-state index is 0.0757. The molecule has 3 N–H and O–H groups in total. The van der Waals surface area contributed by atoms with E-state index >= 15 is 0 Å². The van der Waals surface area contributed by atoms with Crippen LogP contribution in [0, 0.1) is 11.8 Å². The number of ketones is 2. The van der Waals surface area contributed by atoms with Gasteiger partial charge in [0.15, 0.2) is 17.2 Å². The molecule has 0 saturated carbocycles. The van der Waals surface area contributed by atoms with Crippen LogP contribution < -0.4 is 0 Å². The molecule has 3 unspecified atom stereocenters. The van der Waals surface area contributed by atoms with Crippen molar-refractivity contribution < 1.29 is 24.9 Å². The molecule has 4 atom stereocenters. The number of carbonyl (C=O) groups excluding carboxylic acids is 2. The van der Waals surface area contributed by atoms with Crippen LogP contribution in [0.2, 0.25) is 0 Å². The van der Waals surface area contributed by atoms with Gasteiger partial charge in [0, 0.05) is 5.92 Å². The van der Waals surface area contributed by atoms with Gasteiger partial charge in [0.25, 0.3) is 0 Å². The Labute approximate surface area is 156 Å². The van der Waals surface area contributed by atoms with Gasteiger partial charge in [-0.3, -0.25) is 9.59 Å². The molecule has 1 rings (SSSR count). The van der Waals surface area contributed by atoms with Crippen LogP contribution in [-0.4, -0.2) is 38.6 Å². The monoisotopic (exact) mass is 364 g/mol. The van der Waals surface area contributed by atoms with Crippen molar-refractivity contribution in [1.29, 1.82) is 0 Å². The minimum Gasteiger partial charge on any atom is -0.508 e. The summed E-state index contributed by atoms with van der Waals surface area (Å²) in [5, 5.41) is 32.4. The third-order valence-corrected chi connectivity index (χ3v) is 5.04. The first-order chi connectivity index (χ1) is 12.0. The van der Waals surface area contributed by atoms with E-state index < -0.39 is 40.9 Å². The second kappa shape index (κ2) is 8.78. The zero-order chi connectivity index (χ0) is 20.2. The zero-order valence-electron chi connectivity index (χ0n) is 16.7. The largest absolute Gasteiger partial charge is 0.508 e. The molecule has 0 aromatic carbocycles. The molecule has 0 fully saturated rings. The Balaban J connectivity index is 3.43. The Kier molecular flexibility index (Phi) is 7.54. The molecule has 146 valence electrons. The lowest BCUT2D eigenvalue weighted by Crippen LogP contribution is -2.49. The van der Waals surface area contributed by atoms with Gasteiger partial charge in [-0.2, -0.15) is 0 Å². The summed E-state index contributed by atoms with van der Waals surface area (Å²) in [5.74, 6) is -3.29. The van der Waals surface area contributed by atoms with Crippen molar-refractivity contribution in [2.24, 2.45) is 11.8 Å². The second-order valence-electron chi connectivity index (χ2n) is 7.69. The molecule has 26 heavy (non-hydrogen) atoms. The number of carbonyl (C=O) groups is 2. The lowest BCUT2D eigenvalue weighted by Gasteiger charge is -2.33. The van der Waals surface area contributed by atoms with E-state index in [1.54, 1.807) is 19.1 Å². The van der Waals surface area contributed by atoms with Gasteiger partial charge in [0.2, 0.25) is 0 Å². The summed E-state index contributed by atoms with van der Waals surface area (Å²) in [6.07, 6.45) is 2.84. The van der Waals surface area contributed by atoms with E-state index in [9.17, 15) is 24.9 Å². The number of rotatable bonds is 8. The molecule has 0 saturated heterocycles. The number of hydrogen-bond acceptors (Lipinski definition) is 5. The highest BCUT2D eigenvalue weighted by molar-refractivity contribution is 6.24. The number of hydrogen-bond donors (Lipinski definition) is 3. The molecule has 0 aliphatic heterocycles. The van der Waals surface area contributed by atoms with Crippen LogP contribution in [0.5, 0.6) is 0 Å². The standard InChI is InChI=1S/C21H32O5/c1-7-14(6)18(23)17-19(24)15(10-8-12(2)3)21(26,20(17)25)16(22)11-9-13(4)5/h8-9,14-16,22,25-26H,7,10-11H2,1-6H3/t14?,15?,16?,21-/m1/s1. The Bertz CT molecular complexity index is 647. The summed E-state index contributed by atoms with van der Waals surface area (Å²) in [6, 6.07) is 0. The van der Waals surface area contributed by atoms with Crippen molar-refractivity contribution >= 4 is 11.6 Å². The van der Waals surface area contributed by atoms with Crippen LogP contribution in [0.1, 0.15) is 60.8 Å². The molecule has 5 nitrogen and oxygen atoms in total. The van der Waals surface area contributed by atoms with Crippen LogP contribution >= 0.6 is 0 Å². The van der Waals surface area contributed by atoms with Crippen molar-refractivity contribution in [3.05, 3.63) is 34.6 Å². The number of allylic oxidation sites excluding steroid dienone is 4. The number of aliphatic hydroxyl groups is 3. The summed E-state index contributed by atoms with van der Waals surface area (Å²) >= 11 is 0. The molecule has 0 aromatic heterocycles. The van der Waals surface area contributed by atoms with Crippen molar-refractivity contribution in [3.63, 3.8) is 0 Å². The van der Waals surface area contributed by atoms with Gasteiger partial charge in [0.05, 0.1) is 12.0 Å². The molecule has 1 aliphatic rings. The van der Waals surface area contributed by atoms with E-state index in [-0.39, 0.29) is 18.4 Å². The van der Waals surface area contributed by atoms with Crippen LogP contribution in [0.3, 0.4) is 0 Å². The lowest BCUT2D eigenvalue weighted by atomic mass is 9.80. The maximum Gasteiger partial charge on any atom is 0.176 e. The molecule has 0 aromatic rings. The van der Waals surface area contributed by atoms with E-state index in [4.69, 9.17) is 0 Å². The van der Waals surface area contributed by atoms with Gasteiger partial charge < -0.3 is 15.3 Å². The highest BCUT2D eigenvalue weighted by Gasteiger charge is 2.58. The average molecular weight is 364 g/mol. The molecule has 0 radical (unpaired) electrons. The van der Waals surface area contributed by atoms with Gasteiger partial charge in [-0.15, -0.1) is 0 Å². The number of Topliss-reactive ketones (excluding diaryl/α,β-unsaturated/α-hetero) is 2. The summed E-state index contributed by atoms with van der Waals surface area (Å²) in [6.45, 7) is 10.9. The van der Waals surface area contributed by atoms with E-state index in [0.29, 0.717) is 6.42 Å². The van der Waals surface area contributed by atoms with Crippen molar-refractivity contribution in [3.8, 4) is 0 Å². The van der Waals surface area contributed by atoms with E-state index in [1.165, 1.54) is 0 Å². The fourth-order valence-electron chi connectivity index (χ4n) is 3.08. The van der Waals surface area contributed by atoms with Crippen LogP contribution in [0.4, 0.5) is 0 Å². The number of aliphatic hydroxyl groups excluding tert-OH is 2. The molecule has 0 bridgehead atoms. The van der Waals surface area contributed by atoms with Gasteiger partial charge in [0.1, 0.15) is 11.3 Å². The van der Waals surface area contributed by atoms with Crippen LogP contribution in [-0.2, 0) is 9.59 Å². The van der Waals surface area contributed by atoms with E-state index in [0.717, 1.165) is 11.1 Å². The molecule has 0 amide bonds. The molecule has 1 aliphatic carbocycles. The third-order valence-electron chi connectivity index (χ3n) is 5.04. The van der Waals surface area contributed by atoms with Crippen molar-refractivity contribution in [2.75, 3.05) is 0 Å². The molecule has 0 spiro atoms. The Hall–Kier alpha value is -1.72. The van der Waals surface area contributed by atoms with Crippen LogP contribution in [0.25, 0.3) is 0 Å². The van der Waals surface area contributed by atoms with E-state index in [1.807, 2.05) is 34.6 Å². The smallest absolute Gasteiger partial charge is 0.176 e. The van der Waals surface area contributed by atoms with Crippen molar-refractivity contribution in [2.45, 2.75) is 72.5 Å². The Morgan fingerprint density at radius 1 is 1.19 bits per heavy atom. The van der Waals surface area contributed by atoms with Gasteiger partial charge in [-0.1, -0.05) is 37.1 Å². The lowest BCUT2D eigenvalue weighted by molar-refractivity contribution is -0.134. The van der Waals surface area contributed by atoms with Crippen LogP contribution in [0.15, 0.2) is 34.6 Å². The predicted octanol–water partition coefficient (Wildman–Crippen LogP) is 3.42. The van der Waals surface area contributed by atoms with Gasteiger partial charge >= 0.3 is 0 Å². The predicted molar refractivity (Wildman–Crippen MR) is 102 cm³/mol. The second-order valence-corrected chi connectivity index (χ2v) is 7.69. The highest BCUT2D eigenvalue weighted by Crippen LogP contribution is 2.43. The molecule has 0 heterocycles.